The van der Waals surface area contributed by atoms with Gasteiger partial charge >= 0.3 is 0 Å². The van der Waals surface area contributed by atoms with Crippen molar-refractivity contribution in [3.05, 3.63) is 84.9 Å². The molecule has 0 spiro atoms. The molecule has 0 fully saturated rings. The summed E-state index contributed by atoms with van der Waals surface area (Å²) >= 11 is 0. The standard InChI is InChI=1S/C40H24O11/c41-31-29(32(42)36(46)39(49)35(31)45)21-14-10-16-8-12-19-17(11-7-15-9-13-20(21)26(16)25(15)19)18-3-1-5-23-27(18)28-22(4-2-6-24(28)51-23)30-33(43)37(47)40(50)38(48)34(30)44/h1-14,41-50H. The normalized spacial score (nSPS) is 11.9. The van der Waals surface area contributed by atoms with Crippen LogP contribution in [0.4, 0.5) is 0 Å². The number of rotatable bonds is 3. The predicted molar refractivity (Wildman–Crippen MR) is 190 cm³/mol. The third kappa shape index (κ3) is 3.76. The number of furan rings is 1. The molecule has 51 heavy (non-hydrogen) atoms. The lowest BCUT2D eigenvalue weighted by molar-refractivity contribution is 0.330. The van der Waals surface area contributed by atoms with Crippen molar-refractivity contribution in [2.24, 2.45) is 0 Å². The molecule has 0 aliphatic heterocycles. The minimum Gasteiger partial charge on any atom is -0.504 e. The third-order valence-electron chi connectivity index (χ3n) is 9.76. The Morgan fingerprint density at radius 1 is 0.294 bits per heavy atom. The highest BCUT2D eigenvalue weighted by Crippen LogP contribution is 2.58. The van der Waals surface area contributed by atoms with Gasteiger partial charge in [0.15, 0.2) is 23.0 Å². The first-order valence-electron chi connectivity index (χ1n) is 15.5. The van der Waals surface area contributed by atoms with Crippen LogP contribution in [0.5, 0.6) is 57.5 Å². The lowest BCUT2D eigenvalue weighted by Gasteiger charge is -2.18. The van der Waals surface area contributed by atoms with Gasteiger partial charge in [0.2, 0.25) is 34.5 Å². The highest BCUT2D eigenvalue weighted by Gasteiger charge is 2.29. The van der Waals surface area contributed by atoms with Crippen LogP contribution in [-0.2, 0) is 0 Å². The molecular weight excluding hydrogens is 656 g/mol. The Morgan fingerprint density at radius 3 is 1.18 bits per heavy atom. The molecule has 9 aromatic rings. The lowest BCUT2D eigenvalue weighted by atomic mass is 9.86. The van der Waals surface area contributed by atoms with Gasteiger partial charge in [0, 0.05) is 16.3 Å². The summed E-state index contributed by atoms with van der Waals surface area (Å²) in [7, 11) is 0. The number of phenols is 10. The van der Waals surface area contributed by atoms with E-state index in [2.05, 4.69) is 0 Å². The summed E-state index contributed by atoms with van der Waals surface area (Å²) in [5.41, 5.74) is 2.23. The Labute approximate surface area is 285 Å². The van der Waals surface area contributed by atoms with E-state index in [4.69, 9.17) is 4.42 Å². The number of phenolic OH excluding ortho intramolecular Hbond substituents is 10. The summed E-state index contributed by atoms with van der Waals surface area (Å²) in [5, 5.41) is 111. The summed E-state index contributed by atoms with van der Waals surface area (Å²) in [5.74, 6) is -9.38. The monoisotopic (exact) mass is 680 g/mol. The molecule has 0 saturated carbocycles. The van der Waals surface area contributed by atoms with Crippen molar-refractivity contribution in [3.8, 4) is 90.9 Å². The fourth-order valence-corrected chi connectivity index (χ4v) is 7.43. The van der Waals surface area contributed by atoms with Gasteiger partial charge in [0.05, 0.1) is 11.1 Å². The van der Waals surface area contributed by atoms with E-state index in [-0.39, 0.29) is 22.3 Å². The van der Waals surface area contributed by atoms with Crippen molar-refractivity contribution < 1.29 is 55.5 Å². The van der Waals surface area contributed by atoms with E-state index in [0.717, 1.165) is 32.5 Å². The Balaban J connectivity index is 1.37. The van der Waals surface area contributed by atoms with Crippen LogP contribution >= 0.6 is 0 Å². The average Bonchev–Trinajstić information content (AvgIpc) is 3.54. The van der Waals surface area contributed by atoms with Crippen LogP contribution in [-0.4, -0.2) is 51.1 Å². The third-order valence-corrected chi connectivity index (χ3v) is 9.76. The number of fused-ring (bicyclic) bond motifs is 3. The van der Waals surface area contributed by atoms with Crippen LogP contribution in [0.15, 0.2) is 89.3 Å². The average molecular weight is 681 g/mol. The quantitative estimate of drug-likeness (QED) is 0.0484. The number of hydrogen-bond donors (Lipinski definition) is 10. The molecule has 11 heteroatoms. The number of hydrogen-bond acceptors (Lipinski definition) is 11. The minimum atomic E-state index is -1.07. The Morgan fingerprint density at radius 2 is 0.667 bits per heavy atom. The fraction of sp³-hybridized carbons (Fsp3) is 0. The van der Waals surface area contributed by atoms with E-state index < -0.39 is 57.5 Å². The smallest absolute Gasteiger partial charge is 0.208 e. The second-order valence-corrected chi connectivity index (χ2v) is 12.3. The lowest BCUT2D eigenvalue weighted by Crippen LogP contribution is -1.91. The van der Waals surface area contributed by atoms with Gasteiger partial charge in [-0.1, -0.05) is 72.8 Å². The Hall–Kier alpha value is -7.40. The van der Waals surface area contributed by atoms with Crippen LogP contribution in [0.1, 0.15) is 0 Å². The largest absolute Gasteiger partial charge is 0.504 e. The molecule has 0 bridgehead atoms. The zero-order valence-electron chi connectivity index (χ0n) is 26.0. The predicted octanol–water partition coefficient (Wildman–Crippen LogP) is 8.54. The molecule has 0 unspecified atom stereocenters. The van der Waals surface area contributed by atoms with Crippen molar-refractivity contribution in [2.75, 3.05) is 0 Å². The second-order valence-electron chi connectivity index (χ2n) is 12.3. The van der Waals surface area contributed by atoms with E-state index in [1.165, 1.54) is 0 Å². The van der Waals surface area contributed by atoms with Crippen LogP contribution in [0.3, 0.4) is 0 Å². The summed E-state index contributed by atoms with van der Waals surface area (Å²) in [6.45, 7) is 0. The summed E-state index contributed by atoms with van der Waals surface area (Å²) < 4.78 is 6.24. The highest BCUT2D eigenvalue weighted by molar-refractivity contribution is 6.29. The summed E-state index contributed by atoms with van der Waals surface area (Å²) in [6, 6.07) is 25.2. The Bertz CT molecular complexity index is 2920. The Kier molecular flexibility index (Phi) is 5.86. The van der Waals surface area contributed by atoms with Gasteiger partial charge in [-0.05, 0) is 61.1 Å². The molecular formula is C40H24O11. The van der Waals surface area contributed by atoms with Gasteiger partial charge in [0.1, 0.15) is 11.2 Å². The van der Waals surface area contributed by atoms with E-state index in [1.54, 1.807) is 42.5 Å². The number of benzene rings is 8. The van der Waals surface area contributed by atoms with Gasteiger partial charge < -0.3 is 55.5 Å². The zero-order chi connectivity index (χ0) is 35.6. The van der Waals surface area contributed by atoms with Crippen LogP contribution in [0, 0.1) is 0 Å². The van der Waals surface area contributed by atoms with Crippen molar-refractivity contribution in [3.63, 3.8) is 0 Å². The van der Waals surface area contributed by atoms with E-state index >= 15 is 0 Å². The van der Waals surface area contributed by atoms with Crippen molar-refractivity contribution in [1.82, 2.24) is 0 Å². The van der Waals surface area contributed by atoms with Gasteiger partial charge in [-0.3, -0.25) is 0 Å². The molecule has 11 nitrogen and oxygen atoms in total. The molecule has 0 atom stereocenters. The maximum Gasteiger partial charge on any atom is 0.208 e. The summed E-state index contributed by atoms with van der Waals surface area (Å²) in [6.07, 6.45) is 0. The molecule has 0 aliphatic rings. The minimum absolute atomic E-state index is 0.210. The molecule has 0 saturated heterocycles. The molecule has 9 rings (SSSR count). The maximum atomic E-state index is 10.9. The first kappa shape index (κ1) is 29.7. The van der Waals surface area contributed by atoms with E-state index in [0.29, 0.717) is 32.9 Å². The van der Waals surface area contributed by atoms with Crippen molar-refractivity contribution >= 4 is 54.3 Å². The van der Waals surface area contributed by atoms with Gasteiger partial charge in [-0.2, -0.15) is 0 Å². The molecule has 0 radical (unpaired) electrons. The van der Waals surface area contributed by atoms with Crippen LogP contribution < -0.4 is 0 Å². The van der Waals surface area contributed by atoms with E-state index in [9.17, 15) is 51.1 Å². The molecule has 1 heterocycles. The van der Waals surface area contributed by atoms with Gasteiger partial charge in [-0.25, -0.2) is 0 Å². The second kappa shape index (κ2) is 10.1. The fourth-order valence-electron chi connectivity index (χ4n) is 7.43. The molecule has 1 aromatic heterocycles. The zero-order valence-corrected chi connectivity index (χ0v) is 26.0. The highest BCUT2D eigenvalue weighted by atomic mass is 16.4. The first-order chi connectivity index (χ1) is 24.5. The SMILES string of the molecule is Oc1c(O)c(O)c(-c2ccc3ccc4c(-c5cccc6oc7cccc(-c8c(O)c(O)c(O)c(O)c8O)c7c56)ccc5ccc2c3c54)c(O)c1O. The molecule has 250 valence electrons. The van der Waals surface area contributed by atoms with Crippen LogP contribution in [0.25, 0.3) is 87.6 Å². The van der Waals surface area contributed by atoms with Gasteiger partial charge in [-0.15, -0.1) is 0 Å². The van der Waals surface area contributed by atoms with Crippen molar-refractivity contribution in [2.45, 2.75) is 0 Å². The summed E-state index contributed by atoms with van der Waals surface area (Å²) in [4.78, 5) is 0. The van der Waals surface area contributed by atoms with E-state index in [1.807, 2.05) is 42.5 Å². The molecule has 0 amide bonds. The van der Waals surface area contributed by atoms with Crippen molar-refractivity contribution in [1.29, 1.82) is 0 Å². The maximum absolute atomic E-state index is 10.9. The molecule has 8 aromatic carbocycles. The number of aromatic hydroxyl groups is 10. The molecule has 10 N–H and O–H groups in total. The molecule has 0 aliphatic carbocycles. The van der Waals surface area contributed by atoms with Crippen LogP contribution in [0.2, 0.25) is 0 Å². The topological polar surface area (TPSA) is 215 Å². The first-order valence-corrected chi connectivity index (χ1v) is 15.5. The van der Waals surface area contributed by atoms with Gasteiger partial charge in [0.25, 0.3) is 0 Å².